The van der Waals surface area contributed by atoms with E-state index in [4.69, 9.17) is 10.8 Å². The third-order valence-electron chi connectivity index (χ3n) is 4.51. The van der Waals surface area contributed by atoms with E-state index in [-0.39, 0.29) is 29.8 Å². The van der Waals surface area contributed by atoms with Gasteiger partial charge in [0.25, 0.3) is 0 Å². The van der Waals surface area contributed by atoms with Crippen molar-refractivity contribution in [1.82, 2.24) is 5.32 Å². The first-order chi connectivity index (χ1) is 9.06. The van der Waals surface area contributed by atoms with Gasteiger partial charge in [-0.1, -0.05) is 6.42 Å². The van der Waals surface area contributed by atoms with E-state index in [9.17, 15) is 9.59 Å². The maximum atomic E-state index is 12.1. The van der Waals surface area contributed by atoms with Gasteiger partial charge in [-0.3, -0.25) is 9.59 Å². The number of aliphatic carboxylic acids is 1. The van der Waals surface area contributed by atoms with Crippen LogP contribution in [0.2, 0.25) is 0 Å². The summed E-state index contributed by atoms with van der Waals surface area (Å²) < 4.78 is 0. The zero-order chi connectivity index (χ0) is 13.8. The Kier molecular flexibility index (Phi) is 4.80. The Balaban J connectivity index is 1.75. The summed E-state index contributed by atoms with van der Waals surface area (Å²) in [6.07, 6.45) is 6.68. The second-order valence-corrected chi connectivity index (χ2v) is 6.02. The minimum Gasteiger partial charge on any atom is -0.481 e. The summed E-state index contributed by atoms with van der Waals surface area (Å²) in [4.78, 5) is 23.0. The lowest BCUT2D eigenvalue weighted by molar-refractivity contribution is -0.142. The maximum Gasteiger partial charge on any atom is 0.306 e. The van der Waals surface area contributed by atoms with Crippen LogP contribution in [0.3, 0.4) is 0 Å². The minimum absolute atomic E-state index is 0.0564. The van der Waals surface area contributed by atoms with Crippen LogP contribution >= 0.6 is 0 Å². The Hall–Kier alpha value is -1.10. The van der Waals surface area contributed by atoms with Crippen LogP contribution < -0.4 is 11.1 Å². The summed E-state index contributed by atoms with van der Waals surface area (Å²) >= 11 is 0. The van der Waals surface area contributed by atoms with Gasteiger partial charge in [0.2, 0.25) is 5.91 Å². The molecule has 2 fully saturated rings. The monoisotopic (exact) mass is 268 g/mol. The standard InChI is InChI=1S/C14H24N2O3/c15-11-3-1-2-10(8-11)13(17)16-12-6-4-9(5-7-12)14(18)19/h9-12H,1-8,15H2,(H,16,17)(H,18,19). The summed E-state index contributed by atoms with van der Waals surface area (Å²) in [7, 11) is 0. The predicted octanol–water partition coefficient (Wildman–Crippen LogP) is 1.26. The highest BCUT2D eigenvalue weighted by atomic mass is 16.4. The molecule has 0 heterocycles. The molecule has 0 aliphatic heterocycles. The fourth-order valence-electron chi connectivity index (χ4n) is 3.27. The van der Waals surface area contributed by atoms with Crippen molar-refractivity contribution >= 4 is 11.9 Å². The molecule has 19 heavy (non-hydrogen) atoms. The van der Waals surface area contributed by atoms with Gasteiger partial charge in [0.1, 0.15) is 0 Å². The van der Waals surface area contributed by atoms with Crippen molar-refractivity contribution in [3.63, 3.8) is 0 Å². The number of carboxylic acid groups (broad SMARTS) is 1. The summed E-state index contributed by atoms with van der Waals surface area (Å²) in [5, 5.41) is 12.0. The van der Waals surface area contributed by atoms with E-state index in [0.717, 1.165) is 38.5 Å². The predicted molar refractivity (Wildman–Crippen MR) is 71.5 cm³/mol. The van der Waals surface area contributed by atoms with Crippen molar-refractivity contribution < 1.29 is 14.7 Å². The SMILES string of the molecule is NC1CCCC(C(=O)NC2CCC(C(=O)O)CC2)C1. The third-order valence-corrected chi connectivity index (χ3v) is 4.51. The highest BCUT2D eigenvalue weighted by Gasteiger charge is 2.30. The van der Waals surface area contributed by atoms with Crippen molar-refractivity contribution in [1.29, 1.82) is 0 Å². The lowest BCUT2D eigenvalue weighted by Crippen LogP contribution is -2.44. The minimum atomic E-state index is -0.706. The van der Waals surface area contributed by atoms with Gasteiger partial charge in [-0.15, -0.1) is 0 Å². The molecule has 5 nitrogen and oxygen atoms in total. The third kappa shape index (κ3) is 3.93. The van der Waals surface area contributed by atoms with Gasteiger partial charge < -0.3 is 16.2 Å². The molecule has 5 heteroatoms. The summed E-state index contributed by atoms with van der Waals surface area (Å²) in [6, 6.07) is 0.313. The number of carbonyl (C=O) groups is 2. The molecule has 0 aromatic heterocycles. The lowest BCUT2D eigenvalue weighted by atomic mass is 9.83. The number of hydrogen-bond acceptors (Lipinski definition) is 3. The molecule has 2 aliphatic rings. The van der Waals surface area contributed by atoms with Crippen molar-refractivity contribution in [3.8, 4) is 0 Å². The molecule has 0 aromatic rings. The van der Waals surface area contributed by atoms with E-state index in [0.29, 0.717) is 12.8 Å². The first-order valence-electron chi connectivity index (χ1n) is 7.35. The van der Waals surface area contributed by atoms with Crippen molar-refractivity contribution in [2.45, 2.75) is 63.5 Å². The van der Waals surface area contributed by atoms with E-state index in [1.54, 1.807) is 0 Å². The molecule has 2 unspecified atom stereocenters. The summed E-state index contributed by atoms with van der Waals surface area (Å²) in [5.74, 6) is -0.755. The van der Waals surface area contributed by atoms with Crippen molar-refractivity contribution in [2.24, 2.45) is 17.6 Å². The van der Waals surface area contributed by atoms with Gasteiger partial charge in [0.05, 0.1) is 5.92 Å². The van der Waals surface area contributed by atoms with Gasteiger partial charge in [-0.2, -0.15) is 0 Å². The van der Waals surface area contributed by atoms with Gasteiger partial charge >= 0.3 is 5.97 Å². The van der Waals surface area contributed by atoms with Crippen LogP contribution in [0, 0.1) is 11.8 Å². The number of amides is 1. The van der Waals surface area contributed by atoms with Crippen molar-refractivity contribution in [3.05, 3.63) is 0 Å². The summed E-state index contributed by atoms with van der Waals surface area (Å²) in [5.41, 5.74) is 5.90. The molecule has 1 amide bonds. The molecule has 2 atom stereocenters. The van der Waals surface area contributed by atoms with E-state index < -0.39 is 5.97 Å². The van der Waals surface area contributed by atoms with Gasteiger partial charge in [-0.25, -0.2) is 0 Å². The Morgan fingerprint density at radius 3 is 2.26 bits per heavy atom. The number of carboxylic acids is 1. The first-order valence-corrected chi connectivity index (χ1v) is 7.35. The molecule has 2 rings (SSSR count). The fraction of sp³-hybridized carbons (Fsp3) is 0.857. The van der Waals surface area contributed by atoms with Crippen LogP contribution in [0.1, 0.15) is 51.4 Å². The topological polar surface area (TPSA) is 92.4 Å². The Bertz CT molecular complexity index is 338. The summed E-state index contributed by atoms with van der Waals surface area (Å²) in [6.45, 7) is 0. The quantitative estimate of drug-likeness (QED) is 0.718. The van der Waals surface area contributed by atoms with E-state index >= 15 is 0 Å². The van der Waals surface area contributed by atoms with Gasteiger partial charge in [0.15, 0.2) is 0 Å². The number of nitrogens with two attached hydrogens (primary N) is 1. The van der Waals surface area contributed by atoms with Crippen LogP contribution in [-0.2, 0) is 9.59 Å². The number of carbonyl (C=O) groups excluding carboxylic acids is 1. The number of hydrogen-bond donors (Lipinski definition) is 3. The first kappa shape index (κ1) is 14.3. The van der Waals surface area contributed by atoms with Crippen LogP contribution in [-0.4, -0.2) is 29.1 Å². The Labute approximate surface area is 113 Å². The molecule has 4 N–H and O–H groups in total. The highest BCUT2D eigenvalue weighted by Crippen LogP contribution is 2.27. The smallest absolute Gasteiger partial charge is 0.306 e. The Morgan fingerprint density at radius 1 is 1.00 bits per heavy atom. The van der Waals surface area contributed by atoms with Gasteiger partial charge in [-0.05, 0) is 44.9 Å². The largest absolute Gasteiger partial charge is 0.481 e. The molecule has 0 spiro atoms. The maximum absolute atomic E-state index is 12.1. The number of nitrogens with one attached hydrogen (secondary N) is 1. The average Bonchev–Trinajstić information content (AvgIpc) is 2.39. The zero-order valence-corrected chi connectivity index (χ0v) is 11.3. The molecule has 0 bridgehead atoms. The van der Waals surface area contributed by atoms with Crippen molar-refractivity contribution in [2.75, 3.05) is 0 Å². The second kappa shape index (κ2) is 6.37. The van der Waals surface area contributed by atoms with Gasteiger partial charge in [0, 0.05) is 18.0 Å². The molecule has 108 valence electrons. The molecular formula is C14H24N2O3. The molecule has 2 saturated carbocycles. The van der Waals surface area contributed by atoms with Crippen LogP contribution in [0.4, 0.5) is 0 Å². The van der Waals surface area contributed by atoms with E-state index in [1.165, 1.54) is 0 Å². The molecule has 0 radical (unpaired) electrons. The number of rotatable bonds is 3. The molecule has 2 aliphatic carbocycles. The lowest BCUT2D eigenvalue weighted by Gasteiger charge is -2.30. The average molecular weight is 268 g/mol. The fourth-order valence-corrected chi connectivity index (χ4v) is 3.27. The van der Waals surface area contributed by atoms with Crippen LogP contribution in [0.25, 0.3) is 0 Å². The van der Waals surface area contributed by atoms with E-state index in [1.807, 2.05) is 0 Å². The molecule has 0 aromatic carbocycles. The second-order valence-electron chi connectivity index (χ2n) is 6.02. The molecule has 0 saturated heterocycles. The van der Waals surface area contributed by atoms with E-state index in [2.05, 4.69) is 5.32 Å². The zero-order valence-electron chi connectivity index (χ0n) is 11.3. The van der Waals surface area contributed by atoms with Crippen LogP contribution in [0.15, 0.2) is 0 Å². The molecular weight excluding hydrogens is 244 g/mol. The van der Waals surface area contributed by atoms with Crippen LogP contribution in [0.5, 0.6) is 0 Å². The normalized spacial score (nSPS) is 35.6. The Morgan fingerprint density at radius 2 is 1.68 bits per heavy atom. The highest BCUT2D eigenvalue weighted by molar-refractivity contribution is 5.79.